The molecule has 0 aromatic carbocycles. The molecule has 1 atom stereocenters. The van der Waals surface area contributed by atoms with Crippen molar-refractivity contribution in [2.75, 3.05) is 11.9 Å². The first-order valence-corrected chi connectivity index (χ1v) is 6.18. The number of halogens is 1. The minimum absolute atomic E-state index is 0.149. The molecule has 1 rings (SSSR count). The van der Waals surface area contributed by atoms with Crippen LogP contribution in [0.2, 0.25) is 0 Å². The van der Waals surface area contributed by atoms with Gasteiger partial charge in [-0.1, -0.05) is 20.8 Å². The van der Waals surface area contributed by atoms with E-state index in [2.05, 4.69) is 47.0 Å². The van der Waals surface area contributed by atoms with Gasteiger partial charge in [-0.2, -0.15) is 0 Å². The van der Waals surface area contributed by atoms with Crippen molar-refractivity contribution in [2.24, 2.45) is 5.41 Å². The standard InChI is InChI=1S/C12H19BrN2O/c1-12(2,3)5-11(16)8-15-10-4-9(13)6-14-7-10/h4,6-7,11,15-16H,5,8H2,1-3H3. The molecule has 2 N–H and O–H groups in total. The molecule has 0 aliphatic rings. The Bertz CT molecular complexity index is 336. The Hall–Kier alpha value is -0.610. The lowest BCUT2D eigenvalue weighted by atomic mass is 9.89. The molecule has 0 saturated heterocycles. The van der Waals surface area contributed by atoms with Gasteiger partial charge in [-0.15, -0.1) is 0 Å². The molecule has 4 heteroatoms. The molecular weight excluding hydrogens is 268 g/mol. The van der Waals surface area contributed by atoms with E-state index >= 15 is 0 Å². The summed E-state index contributed by atoms with van der Waals surface area (Å²) in [5.41, 5.74) is 1.07. The van der Waals surface area contributed by atoms with Crippen LogP contribution in [0.1, 0.15) is 27.2 Å². The van der Waals surface area contributed by atoms with Gasteiger partial charge in [0, 0.05) is 17.2 Å². The van der Waals surface area contributed by atoms with E-state index < -0.39 is 0 Å². The molecule has 0 radical (unpaired) electrons. The highest BCUT2D eigenvalue weighted by Crippen LogP contribution is 2.21. The minimum Gasteiger partial charge on any atom is -0.391 e. The monoisotopic (exact) mass is 286 g/mol. The number of anilines is 1. The van der Waals surface area contributed by atoms with Crippen LogP contribution in [0.15, 0.2) is 22.9 Å². The zero-order chi connectivity index (χ0) is 12.2. The lowest BCUT2D eigenvalue weighted by Gasteiger charge is -2.22. The number of nitrogens with one attached hydrogen (secondary N) is 1. The quantitative estimate of drug-likeness (QED) is 0.894. The number of aliphatic hydroxyl groups excluding tert-OH is 1. The third-order valence-electron chi connectivity index (χ3n) is 2.09. The van der Waals surface area contributed by atoms with E-state index in [4.69, 9.17) is 0 Å². The van der Waals surface area contributed by atoms with Crippen LogP contribution in [0, 0.1) is 5.41 Å². The summed E-state index contributed by atoms with van der Waals surface area (Å²) in [6, 6.07) is 1.94. The van der Waals surface area contributed by atoms with Gasteiger partial charge in [0.2, 0.25) is 0 Å². The maximum Gasteiger partial charge on any atom is 0.0717 e. The van der Waals surface area contributed by atoms with Crippen molar-refractivity contribution in [3.8, 4) is 0 Å². The van der Waals surface area contributed by atoms with E-state index in [1.807, 2.05) is 6.07 Å². The third kappa shape index (κ3) is 5.47. The smallest absolute Gasteiger partial charge is 0.0717 e. The molecule has 1 heterocycles. The molecule has 16 heavy (non-hydrogen) atoms. The second-order valence-corrected chi connectivity index (χ2v) is 6.11. The Kier molecular flexibility index (Phi) is 4.74. The average molecular weight is 287 g/mol. The lowest BCUT2D eigenvalue weighted by molar-refractivity contribution is 0.132. The van der Waals surface area contributed by atoms with E-state index in [9.17, 15) is 5.11 Å². The molecule has 0 bridgehead atoms. The summed E-state index contributed by atoms with van der Waals surface area (Å²) in [6.45, 7) is 6.92. The fourth-order valence-electron chi connectivity index (χ4n) is 1.52. The summed E-state index contributed by atoms with van der Waals surface area (Å²) < 4.78 is 0.933. The SMILES string of the molecule is CC(C)(C)CC(O)CNc1cncc(Br)c1. The molecule has 0 saturated carbocycles. The summed E-state index contributed by atoms with van der Waals surface area (Å²) in [5.74, 6) is 0. The van der Waals surface area contributed by atoms with Gasteiger partial charge in [-0.25, -0.2) is 0 Å². The number of aromatic nitrogens is 1. The van der Waals surface area contributed by atoms with Crippen molar-refractivity contribution in [3.05, 3.63) is 22.9 Å². The van der Waals surface area contributed by atoms with Crippen molar-refractivity contribution in [2.45, 2.75) is 33.3 Å². The summed E-state index contributed by atoms with van der Waals surface area (Å²) in [7, 11) is 0. The lowest BCUT2D eigenvalue weighted by Crippen LogP contribution is -2.25. The first kappa shape index (κ1) is 13.5. The molecule has 0 amide bonds. The van der Waals surface area contributed by atoms with Gasteiger partial charge in [0.05, 0.1) is 18.0 Å². The molecule has 1 aromatic rings. The second kappa shape index (κ2) is 5.64. The Morgan fingerprint density at radius 1 is 1.44 bits per heavy atom. The fourth-order valence-corrected chi connectivity index (χ4v) is 1.89. The van der Waals surface area contributed by atoms with Crippen LogP contribution in [-0.2, 0) is 0 Å². The van der Waals surface area contributed by atoms with Crippen LogP contribution in [0.3, 0.4) is 0 Å². The predicted molar refractivity (Wildman–Crippen MR) is 70.5 cm³/mol. The summed E-state index contributed by atoms with van der Waals surface area (Å²) >= 11 is 3.35. The largest absolute Gasteiger partial charge is 0.391 e. The van der Waals surface area contributed by atoms with Crippen LogP contribution in [0.25, 0.3) is 0 Å². The van der Waals surface area contributed by atoms with E-state index in [0.29, 0.717) is 6.54 Å². The maximum absolute atomic E-state index is 9.82. The van der Waals surface area contributed by atoms with Crippen LogP contribution in [0.5, 0.6) is 0 Å². The van der Waals surface area contributed by atoms with Crippen molar-refractivity contribution in [1.82, 2.24) is 4.98 Å². The van der Waals surface area contributed by atoms with Crippen molar-refractivity contribution in [3.63, 3.8) is 0 Å². The van der Waals surface area contributed by atoms with Gasteiger partial charge in [0.1, 0.15) is 0 Å². The zero-order valence-electron chi connectivity index (χ0n) is 10.00. The molecule has 0 aliphatic carbocycles. The van der Waals surface area contributed by atoms with Gasteiger partial charge in [0.25, 0.3) is 0 Å². The highest BCUT2D eigenvalue weighted by atomic mass is 79.9. The van der Waals surface area contributed by atoms with E-state index in [0.717, 1.165) is 16.6 Å². The Morgan fingerprint density at radius 3 is 2.69 bits per heavy atom. The number of aliphatic hydroxyl groups is 1. The molecule has 0 aliphatic heterocycles. The first-order chi connectivity index (χ1) is 7.37. The van der Waals surface area contributed by atoms with Crippen LogP contribution in [-0.4, -0.2) is 22.7 Å². The topological polar surface area (TPSA) is 45.1 Å². The second-order valence-electron chi connectivity index (χ2n) is 5.19. The number of hydrogen-bond donors (Lipinski definition) is 2. The first-order valence-electron chi connectivity index (χ1n) is 5.39. The van der Waals surface area contributed by atoms with Crippen molar-refractivity contribution >= 4 is 21.6 Å². The Morgan fingerprint density at radius 2 is 2.12 bits per heavy atom. The number of hydrogen-bond acceptors (Lipinski definition) is 3. The van der Waals surface area contributed by atoms with Crippen LogP contribution in [0.4, 0.5) is 5.69 Å². The highest BCUT2D eigenvalue weighted by Gasteiger charge is 2.16. The molecule has 0 spiro atoms. The minimum atomic E-state index is -0.334. The molecular formula is C12H19BrN2O. The fraction of sp³-hybridized carbons (Fsp3) is 0.583. The van der Waals surface area contributed by atoms with Crippen molar-refractivity contribution in [1.29, 1.82) is 0 Å². The number of pyridine rings is 1. The maximum atomic E-state index is 9.82. The summed E-state index contributed by atoms with van der Waals surface area (Å²) in [5, 5.41) is 13.0. The third-order valence-corrected chi connectivity index (χ3v) is 2.53. The summed E-state index contributed by atoms with van der Waals surface area (Å²) in [4.78, 5) is 4.05. The Balaban J connectivity index is 2.40. The van der Waals surface area contributed by atoms with Gasteiger partial charge >= 0.3 is 0 Å². The average Bonchev–Trinajstić information content (AvgIpc) is 2.12. The predicted octanol–water partition coefficient (Wildman–Crippen LogP) is 3.05. The van der Waals surface area contributed by atoms with Crippen molar-refractivity contribution < 1.29 is 5.11 Å². The molecule has 1 unspecified atom stereocenters. The van der Waals surface area contributed by atoms with Gasteiger partial charge in [-0.05, 0) is 33.8 Å². The highest BCUT2D eigenvalue weighted by molar-refractivity contribution is 9.10. The molecule has 3 nitrogen and oxygen atoms in total. The van der Waals surface area contributed by atoms with Gasteiger partial charge < -0.3 is 10.4 Å². The van der Waals surface area contributed by atoms with Crippen LogP contribution < -0.4 is 5.32 Å². The van der Waals surface area contributed by atoms with Crippen LogP contribution >= 0.6 is 15.9 Å². The molecule has 1 aromatic heterocycles. The Labute approximate surface area is 105 Å². The van der Waals surface area contributed by atoms with E-state index in [-0.39, 0.29) is 11.5 Å². The summed E-state index contributed by atoms with van der Waals surface area (Å²) in [6.07, 6.45) is 3.92. The number of nitrogens with zero attached hydrogens (tertiary/aromatic N) is 1. The van der Waals surface area contributed by atoms with E-state index in [1.54, 1.807) is 12.4 Å². The molecule has 90 valence electrons. The van der Waals surface area contributed by atoms with E-state index in [1.165, 1.54) is 0 Å². The zero-order valence-corrected chi connectivity index (χ0v) is 11.6. The normalized spacial score (nSPS) is 13.6. The van der Waals surface area contributed by atoms with Gasteiger partial charge in [-0.3, -0.25) is 4.98 Å². The number of rotatable bonds is 4. The van der Waals surface area contributed by atoms with Gasteiger partial charge in [0.15, 0.2) is 0 Å². The molecule has 0 fully saturated rings.